The Hall–Kier alpha value is -3.23. The lowest BCUT2D eigenvalue weighted by Crippen LogP contribution is -2.57. The number of nitrogens with zero attached hydrogens (tertiary/aromatic N) is 5. The van der Waals surface area contributed by atoms with Crippen molar-refractivity contribution in [3.63, 3.8) is 0 Å². The molecule has 3 aromatic rings. The van der Waals surface area contributed by atoms with Gasteiger partial charge in [0.05, 0.1) is 18.3 Å². The third-order valence-electron chi connectivity index (χ3n) is 6.85. The molecule has 0 bridgehead atoms. The standard InChI is InChI=1S/C30H41N5O3/c1-7-27-26(28-31-21(2)17-22(3)35(28)32-27)18-24-12-10-23(11-13-24)9-8-14-33-15-16-34(25(19-33)20-36)29(37)38-30(4,5)6/h8-13,17,25,36H,7,14-16,18-20H2,1-6H3. The Kier molecular flexibility index (Phi) is 8.53. The van der Waals surface area contributed by atoms with Gasteiger partial charge >= 0.3 is 6.09 Å². The molecule has 3 heterocycles. The summed E-state index contributed by atoms with van der Waals surface area (Å²) in [5, 5.41) is 14.7. The normalized spacial score (nSPS) is 17.0. The van der Waals surface area contributed by atoms with Crippen molar-refractivity contribution in [2.45, 2.75) is 66.0 Å². The number of aromatic nitrogens is 3. The van der Waals surface area contributed by atoms with Gasteiger partial charge in [0.1, 0.15) is 5.60 Å². The molecule has 0 radical (unpaired) electrons. The van der Waals surface area contributed by atoms with Gasteiger partial charge < -0.3 is 14.7 Å². The molecule has 0 saturated carbocycles. The fraction of sp³-hybridized carbons (Fsp3) is 0.500. The van der Waals surface area contributed by atoms with Gasteiger partial charge in [-0.1, -0.05) is 43.3 Å². The van der Waals surface area contributed by atoms with Crippen LogP contribution in [0, 0.1) is 13.8 Å². The number of hydrogen-bond acceptors (Lipinski definition) is 6. The van der Waals surface area contributed by atoms with Crippen molar-refractivity contribution in [1.29, 1.82) is 0 Å². The van der Waals surface area contributed by atoms with E-state index in [2.05, 4.69) is 61.2 Å². The monoisotopic (exact) mass is 519 g/mol. The van der Waals surface area contributed by atoms with Crippen LogP contribution in [0.25, 0.3) is 11.7 Å². The van der Waals surface area contributed by atoms with Crippen LogP contribution < -0.4 is 0 Å². The van der Waals surface area contributed by atoms with E-state index in [1.165, 1.54) is 11.1 Å². The Morgan fingerprint density at radius 3 is 2.58 bits per heavy atom. The first-order valence-electron chi connectivity index (χ1n) is 13.5. The van der Waals surface area contributed by atoms with Crippen LogP contribution in [-0.4, -0.2) is 80.0 Å². The Morgan fingerprint density at radius 2 is 1.92 bits per heavy atom. The fourth-order valence-electron chi connectivity index (χ4n) is 4.97. The molecule has 38 heavy (non-hydrogen) atoms. The van der Waals surface area contributed by atoms with Crippen LogP contribution in [0.3, 0.4) is 0 Å². The maximum Gasteiger partial charge on any atom is 0.410 e. The number of benzene rings is 1. The topological polar surface area (TPSA) is 83.2 Å². The molecule has 1 saturated heterocycles. The molecule has 1 N–H and O–H groups in total. The zero-order valence-corrected chi connectivity index (χ0v) is 23.6. The highest BCUT2D eigenvalue weighted by Crippen LogP contribution is 2.22. The van der Waals surface area contributed by atoms with Crippen LogP contribution in [0.2, 0.25) is 0 Å². The van der Waals surface area contributed by atoms with E-state index in [4.69, 9.17) is 14.8 Å². The van der Waals surface area contributed by atoms with Crippen LogP contribution in [-0.2, 0) is 17.6 Å². The number of aryl methyl sites for hydroxylation is 3. The number of ether oxygens (including phenoxy) is 1. The second kappa shape index (κ2) is 11.7. The van der Waals surface area contributed by atoms with Crippen LogP contribution >= 0.6 is 0 Å². The Bertz CT molecular complexity index is 1290. The lowest BCUT2D eigenvalue weighted by molar-refractivity contribution is -0.00994. The molecular weight excluding hydrogens is 478 g/mol. The van der Waals surface area contributed by atoms with Gasteiger partial charge in [-0.25, -0.2) is 14.3 Å². The molecule has 0 spiro atoms. The van der Waals surface area contributed by atoms with Gasteiger partial charge in [-0.05, 0) is 58.2 Å². The molecule has 1 aromatic carbocycles. The zero-order valence-electron chi connectivity index (χ0n) is 23.6. The average Bonchev–Trinajstić information content (AvgIpc) is 3.21. The van der Waals surface area contributed by atoms with Crippen molar-refractivity contribution in [3.05, 3.63) is 70.2 Å². The van der Waals surface area contributed by atoms with E-state index in [0.717, 1.165) is 54.2 Å². The van der Waals surface area contributed by atoms with Gasteiger partial charge in [0, 0.05) is 49.6 Å². The number of carbonyl (C=O) groups excluding carboxylic acids is 1. The number of fused-ring (bicyclic) bond motifs is 1. The van der Waals surface area contributed by atoms with E-state index >= 15 is 0 Å². The van der Waals surface area contributed by atoms with E-state index in [1.807, 2.05) is 32.2 Å². The fourth-order valence-corrected chi connectivity index (χ4v) is 4.97. The molecular formula is C30H41N5O3. The molecule has 1 aliphatic rings. The molecule has 1 fully saturated rings. The summed E-state index contributed by atoms with van der Waals surface area (Å²) in [5.74, 6) is 0. The number of rotatable bonds is 7. The highest BCUT2D eigenvalue weighted by molar-refractivity contribution is 5.68. The third kappa shape index (κ3) is 6.60. The first-order chi connectivity index (χ1) is 18.1. The van der Waals surface area contributed by atoms with E-state index in [1.54, 1.807) is 4.90 Å². The number of carbonyl (C=O) groups is 1. The maximum atomic E-state index is 12.5. The third-order valence-corrected chi connectivity index (χ3v) is 6.85. The highest BCUT2D eigenvalue weighted by Gasteiger charge is 2.32. The molecule has 8 heteroatoms. The molecule has 8 nitrogen and oxygen atoms in total. The molecule has 1 amide bonds. The molecule has 204 valence electrons. The summed E-state index contributed by atoms with van der Waals surface area (Å²) in [7, 11) is 0. The molecule has 1 atom stereocenters. The largest absolute Gasteiger partial charge is 0.444 e. The van der Waals surface area contributed by atoms with Crippen molar-refractivity contribution in [1.82, 2.24) is 24.4 Å². The number of amides is 1. The van der Waals surface area contributed by atoms with Crippen LogP contribution in [0.4, 0.5) is 4.79 Å². The quantitative estimate of drug-likeness (QED) is 0.497. The molecule has 0 aliphatic carbocycles. The van der Waals surface area contributed by atoms with Gasteiger partial charge in [0.15, 0.2) is 5.65 Å². The number of piperazine rings is 1. The summed E-state index contributed by atoms with van der Waals surface area (Å²) in [6.07, 6.45) is 5.59. The van der Waals surface area contributed by atoms with Crippen LogP contribution in [0.15, 0.2) is 36.4 Å². The van der Waals surface area contributed by atoms with Gasteiger partial charge in [0.25, 0.3) is 0 Å². The second-order valence-electron chi connectivity index (χ2n) is 11.1. The Morgan fingerprint density at radius 1 is 1.18 bits per heavy atom. The predicted molar refractivity (Wildman–Crippen MR) is 150 cm³/mol. The predicted octanol–water partition coefficient (Wildman–Crippen LogP) is 4.43. The van der Waals surface area contributed by atoms with Gasteiger partial charge in [0.2, 0.25) is 0 Å². The summed E-state index contributed by atoms with van der Waals surface area (Å²) in [4.78, 5) is 21.2. The van der Waals surface area contributed by atoms with Crippen molar-refractivity contribution >= 4 is 17.8 Å². The SMILES string of the molecule is CCc1nn2c(C)cc(C)nc2c1Cc1ccc(C=CCN2CCN(C(=O)OC(C)(C)C)C(CO)C2)cc1. The summed E-state index contributed by atoms with van der Waals surface area (Å²) < 4.78 is 7.47. The molecule has 4 rings (SSSR count). The highest BCUT2D eigenvalue weighted by atomic mass is 16.6. The van der Waals surface area contributed by atoms with E-state index in [-0.39, 0.29) is 18.7 Å². The van der Waals surface area contributed by atoms with Gasteiger partial charge in [-0.3, -0.25) is 4.90 Å². The first kappa shape index (κ1) is 27.8. The number of aliphatic hydroxyl groups excluding tert-OH is 1. The minimum Gasteiger partial charge on any atom is -0.444 e. The van der Waals surface area contributed by atoms with Gasteiger partial charge in [-0.15, -0.1) is 0 Å². The summed E-state index contributed by atoms with van der Waals surface area (Å²) >= 11 is 0. The molecule has 1 unspecified atom stereocenters. The van der Waals surface area contributed by atoms with E-state index in [0.29, 0.717) is 13.1 Å². The summed E-state index contributed by atoms with van der Waals surface area (Å²) in [5.41, 5.74) is 7.19. The van der Waals surface area contributed by atoms with E-state index in [9.17, 15) is 9.90 Å². The number of hydrogen-bond donors (Lipinski definition) is 1. The minimum absolute atomic E-state index is 0.0813. The first-order valence-corrected chi connectivity index (χ1v) is 13.5. The molecule has 1 aliphatic heterocycles. The Balaban J connectivity index is 1.36. The summed E-state index contributed by atoms with van der Waals surface area (Å²) in [6, 6.07) is 10.4. The van der Waals surface area contributed by atoms with Crippen LogP contribution in [0.5, 0.6) is 0 Å². The zero-order chi connectivity index (χ0) is 27.4. The van der Waals surface area contributed by atoms with Crippen molar-refractivity contribution < 1.29 is 14.6 Å². The molecule has 2 aromatic heterocycles. The van der Waals surface area contributed by atoms with Crippen molar-refractivity contribution in [2.75, 3.05) is 32.8 Å². The van der Waals surface area contributed by atoms with Crippen molar-refractivity contribution in [2.24, 2.45) is 0 Å². The van der Waals surface area contributed by atoms with Crippen molar-refractivity contribution in [3.8, 4) is 0 Å². The average molecular weight is 520 g/mol. The van der Waals surface area contributed by atoms with E-state index < -0.39 is 5.60 Å². The second-order valence-corrected chi connectivity index (χ2v) is 11.1. The number of aliphatic hydroxyl groups is 1. The summed E-state index contributed by atoms with van der Waals surface area (Å²) in [6.45, 7) is 14.4. The maximum absolute atomic E-state index is 12.5. The Labute approximate surface area is 225 Å². The van der Waals surface area contributed by atoms with Crippen LogP contribution in [0.1, 0.15) is 61.5 Å². The van der Waals surface area contributed by atoms with Gasteiger partial charge in [-0.2, -0.15) is 5.10 Å². The lowest BCUT2D eigenvalue weighted by atomic mass is 10.0. The smallest absolute Gasteiger partial charge is 0.410 e. The lowest BCUT2D eigenvalue weighted by Gasteiger charge is -2.40. The minimum atomic E-state index is -0.549.